The number of methoxy groups -OCH3 is 1. The molecule has 0 aliphatic carbocycles. The molecule has 33 heavy (non-hydrogen) atoms. The van der Waals surface area contributed by atoms with Crippen molar-refractivity contribution >= 4 is 52.3 Å². The molecule has 0 radical (unpaired) electrons. The normalized spacial score (nSPS) is 10.4. The summed E-state index contributed by atoms with van der Waals surface area (Å²) in [5.74, 6) is 0.151. The van der Waals surface area contributed by atoms with Crippen molar-refractivity contribution in [3.8, 4) is 5.75 Å². The Bertz CT molecular complexity index is 1100. The minimum Gasteiger partial charge on any atom is -0.497 e. The summed E-state index contributed by atoms with van der Waals surface area (Å²) in [5, 5.41) is 7.39. The number of carbonyl (C=O) groups excluding carboxylic acids is 3. The molecule has 2 N–H and O–H groups in total. The Hall–Kier alpha value is -3.37. The van der Waals surface area contributed by atoms with Crippen LogP contribution in [0.2, 0.25) is 0 Å². The molecular formula is C23H23N3O5S2. The van der Waals surface area contributed by atoms with E-state index in [0.717, 1.165) is 5.75 Å². The van der Waals surface area contributed by atoms with Crippen molar-refractivity contribution in [3.05, 3.63) is 65.2 Å². The van der Waals surface area contributed by atoms with Crippen LogP contribution in [0.1, 0.15) is 23.0 Å². The zero-order valence-electron chi connectivity index (χ0n) is 18.1. The molecule has 0 unspecified atom stereocenters. The van der Waals surface area contributed by atoms with Crippen LogP contribution < -0.4 is 15.4 Å². The van der Waals surface area contributed by atoms with E-state index in [1.165, 1.54) is 23.1 Å². The van der Waals surface area contributed by atoms with Gasteiger partial charge in [-0.2, -0.15) is 0 Å². The first-order chi connectivity index (χ1) is 16.0. The number of rotatable bonds is 10. The van der Waals surface area contributed by atoms with Crippen LogP contribution in [0, 0.1) is 0 Å². The smallest absolute Gasteiger partial charge is 0.338 e. The summed E-state index contributed by atoms with van der Waals surface area (Å²) in [5.41, 5.74) is 2.31. The van der Waals surface area contributed by atoms with E-state index >= 15 is 0 Å². The third-order valence-electron chi connectivity index (χ3n) is 4.25. The van der Waals surface area contributed by atoms with E-state index in [4.69, 9.17) is 9.47 Å². The first-order valence-corrected chi connectivity index (χ1v) is 11.9. The molecule has 0 atom stereocenters. The number of anilines is 2. The summed E-state index contributed by atoms with van der Waals surface area (Å²) < 4.78 is 10.7. The van der Waals surface area contributed by atoms with Crippen molar-refractivity contribution < 1.29 is 23.9 Å². The minimum atomic E-state index is -0.402. The zero-order valence-corrected chi connectivity index (χ0v) is 19.8. The second kappa shape index (κ2) is 12.0. The van der Waals surface area contributed by atoms with E-state index < -0.39 is 5.97 Å². The average molecular weight is 486 g/mol. The standard InChI is InChI=1S/C23H23N3O5S2/c1-3-31-22(29)15-4-6-16(7-5-15)24-20(27)12-18-13-32-23(26-18)33-14-21(28)25-17-8-10-19(30-2)11-9-17/h4-11,13H,3,12,14H2,1-2H3,(H,24,27)(H,25,28). The van der Waals surface area contributed by atoms with Gasteiger partial charge in [0.2, 0.25) is 11.8 Å². The van der Waals surface area contributed by atoms with Crippen LogP contribution in [0.25, 0.3) is 0 Å². The molecule has 10 heteroatoms. The lowest BCUT2D eigenvalue weighted by Crippen LogP contribution is -2.15. The van der Waals surface area contributed by atoms with Gasteiger partial charge in [0.25, 0.3) is 0 Å². The fourth-order valence-electron chi connectivity index (χ4n) is 2.71. The molecule has 1 heterocycles. The van der Waals surface area contributed by atoms with Crippen molar-refractivity contribution in [1.82, 2.24) is 4.98 Å². The molecule has 3 aromatic rings. The Morgan fingerprint density at radius 2 is 1.61 bits per heavy atom. The fourth-order valence-corrected chi connectivity index (χ4v) is 4.35. The number of esters is 1. The molecular weight excluding hydrogens is 462 g/mol. The van der Waals surface area contributed by atoms with Gasteiger partial charge < -0.3 is 20.1 Å². The molecule has 0 aliphatic rings. The van der Waals surface area contributed by atoms with Crippen LogP contribution in [0.15, 0.2) is 58.3 Å². The molecule has 1 aromatic heterocycles. The maximum Gasteiger partial charge on any atom is 0.338 e. The number of hydrogen-bond donors (Lipinski definition) is 2. The molecule has 172 valence electrons. The van der Waals surface area contributed by atoms with Gasteiger partial charge in [-0.3, -0.25) is 9.59 Å². The van der Waals surface area contributed by atoms with Crippen LogP contribution in [-0.2, 0) is 20.7 Å². The van der Waals surface area contributed by atoms with Crippen LogP contribution in [0.5, 0.6) is 5.75 Å². The van der Waals surface area contributed by atoms with E-state index in [9.17, 15) is 14.4 Å². The lowest BCUT2D eigenvalue weighted by Gasteiger charge is -2.06. The quantitative estimate of drug-likeness (QED) is 0.327. The molecule has 3 rings (SSSR count). The first kappa shape index (κ1) is 24.3. The number of carbonyl (C=O) groups is 3. The highest BCUT2D eigenvalue weighted by atomic mass is 32.2. The van der Waals surface area contributed by atoms with Gasteiger partial charge in [-0.25, -0.2) is 9.78 Å². The Balaban J connectivity index is 1.44. The maximum absolute atomic E-state index is 12.3. The third kappa shape index (κ3) is 7.62. The van der Waals surface area contributed by atoms with Crippen LogP contribution in [0.3, 0.4) is 0 Å². The number of thiazole rings is 1. The van der Waals surface area contributed by atoms with Crippen molar-refractivity contribution in [1.29, 1.82) is 0 Å². The van der Waals surface area contributed by atoms with E-state index in [1.807, 2.05) is 0 Å². The second-order valence-electron chi connectivity index (χ2n) is 6.69. The van der Waals surface area contributed by atoms with Crippen molar-refractivity contribution in [3.63, 3.8) is 0 Å². The Morgan fingerprint density at radius 3 is 2.24 bits per heavy atom. The van der Waals surface area contributed by atoms with Crippen molar-refractivity contribution in [2.24, 2.45) is 0 Å². The van der Waals surface area contributed by atoms with Crippen LogP contribution >= 0.6 is 23.1 Å². The van der Waals surface area contributed by atoms with Crippen LogP contribution in [-0.4, -0.2) is 42.2 Å². The number of thioether (sulfide) groups is 1. The summed E-state index contributed by atoms with van der Waals surface area (Å²) in [6.45, 7) is 2.05. The topological polar surface area (TPSA) is 107 Å². The highest BCUT2D eigenvalue weighted by Gasteiger charge is 2.11. The second-order valence-corrected chi connectivity index (χ2v) is 8.77. The Kier molecular flexibility index (Phi) is 8.85. The Morgan fingerprint density at radius 1 is 0.970 bits per heavy atom. The molecule has 0 spiro atoms. The third-order valence-corrected chi connectivity index (χ3v) is 6.32. The van der Waals surface area contributed by atoms with Gasteiger partial charge in [0, 0.05) is 16.8 Å². The van der Waals surface area contributed by atoms with Gasteiger partial charge in [-0.1, -0.05) is 11.8 Å². The molecule has 2 amide bonds. The van der Waals surface area contributed by atoms with E-state index in [1.54, 1.807) is 67.9 Å². The predicted molar refractivity (Wildman–Crippen MR) is 129 cm³/mol. The molecule has 0 bridgehead atoms. The van der Waals surface area contributed by atoms with E-state index in [0.29, 0.717) is 33.6 Å². The Labute approximate surface area is 199 Å². The van der Waals surface area contributed by atoms with Gasteiger partial charge in [0.05, 0.1) is 37.1 Å². The lowest BCUT2D eigenvalue weighted by atomic mass is 10.2. The zero-order chi connectivity index (χ0) is 23.6. The monoisotopic (exact) mass is 485 g/mol. The van der Waals surface area contributed by atoms with Gasteiger partial charge in [0.1, 0.15) is 5.75 Å². The number of nitrogens with one attached hydrogen (secondary N) is 2. The molecule has 0 fully saturated rings. The highest BCUT2D eigenvalue weighted by Crippen LogP contribution is 2.24. The molecule has 0 aliphatic heterocycles. The number of aromatic nitrogens is 1. The van der Waals surface area contributed by atoms with E-state index in [-0.39, 0.29) is 24.0 Å². The van der Waals surface area contributed by atoms with E-state index in [2.05, 4.69) is 15.6 Å². The largest absolute Gasteiger partial charge is 0.497 e. The summed E-state index contributed by atoms with van der Waals surface area (Å²) in [7, 11) is 1.58. The maximum atomic E-state index is 12.3. The highest BCUT2D eigenvalue weighted by molar-refractivity contribution is 8.01. The van der Waals surface area contributed by atoms with Gasteiger partial charge in [-0.15, -0.1) is 11.3 Å². The first-order valence-electron chi connectivity index (χ1n) is 10.0. The number of amides is 2. The average Bonchev–Trinajstić information content (AvgIpc) is 3.26. The fraction of sp³-hybridized carbons (Fsp3) is 0.217. The minimum absolute atomic E-state index is 0.106. The van der Waals surface area contributed by atoms with Crippen LogP contribution in [0.4, 0.5) is 11.4 Å². The lowest BCUT2D eigenvalue weighted by molar-refractivity contribution is -0.116. The number of benzene rings is 2. The predicted octanol–water partition coefficient (Wildman–Crippen LogP) is 4.24. The SMILES string of the molecule is CCOC(=O)c1ccc(NC(=O)Cc2csc(SCC(=O)Nc3ccc(OC)cc3)n2)cc1. The van der Waals surface area contributed by atoms with Crippen molar-refractivity contribution in [2.45, 2.75) is 17.7 Å². The molecule has 8 nitrogen and oxygen atoms in total. The number of ether oxygens (including phenoxy) is 2. The van der Waals surface area contributed by atoms with Gasteiger partial charge in [0.15, 0.2) is 4.34 Å². The summed E-state index contributed by atoms with van der Waals surface area (Å²) in [6, 6.07) is 13.6. The summed E-state index contributed by atoms with van der Waals surface area (Å²) in [6.07, 6.45) is 0.106. The summed E-state index contributed by atoms with van der Waals surface area (Å²) in [4.78, 5) is 40.6. The number of hydrogen-bond acceptors (Lipinski definition) is 8. The van der Waals surface area contributed by atoms with Crippen molar-refractivity contribution in [2.75, 3.05) is 30.1 Å². The van der Waals surface area contributed by atoms with Gasteiger partial charge >= 0.3 is 5.97 Å². The molecule has 2 aromatic carbocycles. The molecule has 0 saturated heterocycles. The summed E-state index contributed by atoms with van der Waals surface area (Å²) >= 11 is 2.70. The molecule has 0 saturated carbocycles. The number of nitrogens with zero attached hydrogens (tertiary/aromatic N) is 1. The van der Waals surface area contributed by atoms with Gasteiger partial charge in [-0.05, 0) is 55.5 Å².